The molecule has 0 amide bonds. The maximum Gasteiger partial charge on any atom is 0.184 e. The first kappa shape index (κ1) is 16.2. The van der Waals surface area contributed by atoms with E-state index in [4.69, 9.17) is 0 Å². The van der Waals surface area contributed by atoms with Gasteiger partial charge >= 0.3 is 0 Å². The fourth-order valence-electron chi connectivity index (χ4n) is 2.68. The highest BCUT2D eigenvalue weighted by atomic mass is 79.9. The summed E-state index contributed by atoms with van der Waals surface area (Å²) in [6.07, 6.45) is 5.49. The Morgan fingerprint density at radius 1 is 1.30 bits per heavy atom. The monoisotopic (exact) mass is 381 g/mol. The summed E-state index contributed by atoms with van der Waals surface area (Å²) in [4.78, 5) is 6.14. The summed E-state index contributed by atoms with van der Waals surface area (Å²) in [5, 5.41) is 2.97. The minimum atomic E-state index is -0.825. The Bertz CT molecular complexity index is 732. The molecule has 1 N–H and O–H groups in total. The molecule has 0 bridgehead atoms. The first-order valence-electron chi connectivity index (χ1n) is 7.54. The largest absolute Gasteiger partial charge is 0.386 e. The standard InChI is InChI=1S/C17H18BrF2N3/c1-10-11(7-22-8-13(10)18)9-23(12-3-4-12)17-15(21-2)6-5-14(19)16(17)20/h5-8,12,21H,3-4,9H2,1-2H3. The molecule has 0 unspecified atom stereocenters. The Labute approximate surface area is 142 Å². The number of benzene rings is 1. The van der Waals surface area contributed by atoms with E-state index < -0.39 is 11.6 Å². The van der Waals surface area contributed by atoms with Gasteiger partial charge in [0.25, 0.3) is 0 Å². The van der Waals surface area contributed by atoms with Crippen LogP contribution in [0.4, 0.5) is 20.2 Å². The number of halogens is 3. The summed E-state index contributed by atoms with van der Waals surface area (Å²) in [6.45, 7) is 2.49. The Morgan fingerprint density at radius 3 is 2.70 bits per heavy atom. The van der Waals surface area contributed by atoms with Crippen molar-refractivity contribution in [2.75, 3.05) is 17.3 Å². The molecule has 2 aromatic rings. The lowest BCUT2D eigenvalue weighted by molar-refractivity contribution is 0.505. The summed E-state index contributed by atoms with van der Waals surface area (Å²) in [7, 11) is 1.72. The summed E-state index contributed by atoms with van der Waals surface area (Å²) < 4.78 is 29.2. The average Bonchev–Trinajstić information content (AvgIpc) is 3.37. The van der Waals surface area contributed by atoms with E-state index in [1.54, 1.807) is 25.5 Å². The molecule has 0 spiro atoms. The molecule has 6 heteroatoms. The van der Waals surface area contributed by atoms with E-state index in [1.807, 2.05) is 11.8 Å². The number of aromatic nitrogens is 1. The third kappa shape index (κ3) is 3.17. The van der Waals surface area contributed by atoms with Crippen molar-refractivity contribution < 1.29 is 8.78 Å². The third-order valence-electron chi connectivity index (χ3n) is 4.21. The SMILES string of the molecule is CNc1ccc(F)c(F)c1N(Cc1cncc(Br)c1C)C1CC1. The van der Waals surface area contributed by atoms with Crippen molar-refractivity contribution in [3.05, 3.63) is 51.8 Å². The van der Waals surface area contributed by atoms with Crippen LogP contribution in [0.1, 0.15) is 24.0 Å². The molecule has 1 aliphatic rings. The topological polar surface area (TPSA) is 28.2 Å². The highest BCUT2D eigenvalue weighted by Crippen LogP contribution is 2.40. The van der Waals surface area contributed by atoms with Gasteiger partial charge in [0.1, 0.15) is 5.69 Å². The van der Waals surface area contributed by atoms with Gasteiger partial charge in [0, 0.05) is 36.5 Å². The predicted molar refractivity (Wildman–Crippen MR) is 91.8 cm³/mol. The number of hydrogen-bond acceptors (Lipinski definition) is 3. The van der Waals surface area contributed by atoms with Crippen molar-refractivity contribution in [2.24, 2.45) is 0 Å². The number of anilines is 2. The van der Waals surface area contributed by atoms with Crippen LogP contribution >= 0.6 is 15.9 Å². The van der Waals surface area contributed by atoms with E-state index in [0.29, 0.717) is 17.9 Å². The lowest BCUT2D eigenvalue weighted by atomic mass is 10.1. The summed E-state index contributed by atoms with van der Waals surface area (Å²) >= 11 is 3.47. The van der Waals surface area contributed by atoms with Gasteiger partial charge < -0.3 is 10.2 Å². The zero-order valence-corrected chi connectivity index (χ0v) is 14.6. The molecule has 1 aliphatic carbocycles. The van der Waals surface area contributed by atoms with Crippen LogP contribution in [0.2, 0.25) is 0 Å². The van der Waals surface area contributed by atoms with Crippen molar-refractivity contribution in [1.82, 2.24) is 4.98 Å². The second kappa shape index (κ2) is 6.43. The third-order valence-corrected chi connectivity index (χ3v) is 5.01. The van der Waals surface area contributed by atoms with Crippen molar-refractivity contribution >= 4 is 27.3 Å². The predicted octanol–water partition coefficient (Wildman–Crippen LogP) is 4.64. The lowest BCUT2D eigenvalue weighted by Gasteiger charge is -2.28. The molecule has 0 radical (unpaired) electrons. The van der Waals surface area contributed by atoms with E-state index in [-0.39, 0.29) is 6.04 Å². The average molecular weight is 382 g/mol. The highest BCUT2D eigenvalue weighted by Gasteiger charge is 2.33. The molecule has 122 valence electrons. The summed E-state index contributed by atoms with van der Waals surface area (Å²) in [5.74, 6) is -1.63. The quantitative estimate of drug-likeness (QED) is 0.817. The van der Waals surface area contributed by atoms with Gasteiger partial charge in [0.15, 0.2) is 11.6 Å². The normalized spacial score (nSPS) is 14.0. The molecule has 1 heterocycles. The number of rotatable bonds is 5. The van der Waals surface area contributed by atoms with Gasteiger partial charge in [-0.3, -0.25) is 4.98 Å². The summed E-state index contributed by atoms with van der Waals surface area (Å²) in [6, 6.07) is 2.97. The smallest absolute Gasteiger partial charge is 0.184 e. The van der Waals surface area contributed by atoms with Crippen molar-refractivity contribution in [3.8, 4) is 0 Å². The Balaban J connectivity index is 2.04. The number of nitrogens with one attached hydrogen (secondary N) is 1. The van der Waals surface area contributed by atoms with E-state index >= 15 is 0 Å². The first-order chi connectivity index (χ1) is 11.0. The van der Waals surface area contributed by atoms with Crippen LogP contribution in [0.3, 0.4) is 0 Å². The van der Waals surface area contributed by atoms with Crippen LogP contribution in [0.15, 0.2) is 29.0 Å². The van der Waals surface area contributed by atoms with Gasteiger partial charge in [0.05, 0.1) is 5.69 Å². The van der Waals surface area contributed by atoms with Gasteiger partial charge in [-0.2, -0.15) is 0 Å². The van der Waals surface area contributed by atoms with Crippen LogP contribution < -0.4 is 10.2 Å². The minimum absolute atomic E-state index is 0.233. The second-order valence-electron chi connectivity index (χ2n) is 5.77. The molecule has 0 atom stereocenters. The molecular weight excluding hydrogens is 364 g/mol. The molecule has 1 aromatic carbocycles. The van der Waals surface area contributed by atoms with Crippen LogP contribution in [-0.2, 0) is 6.54 Å². The van der Waals surface area contributed by atoms with E-state index in [0.717, 1.165) is 34.5 Å². The van der Waals surface area contributed by atoms with E-state index in [1.165, 1.54) is 0 Å². The summed E-state index contributed by atoms with van der Waals surface area (Å²) in [5.41, 5.74) is 2.95. The maximum atomic E-state index is 14.5. The Kier molecular flexibility index (Phi) is 4.53. The minimum Gasteiger partial charge on any atom is -0.386 e. The number of nitrogens with zero attached hydrogens (tertiary/aromatic N) is 2. The molecule has 1 fully saturated rings. The Morgan fingerprint density at radius 2 is 2.04 bits per heavy atom. The molecule has 0 saturated heterocycles. The Hall–Kier alpha value is -1.69. The first-order valence-corrected chi connectivity index (χ1v) is 8.33. The van der Waals surface area contributed by atoms with Gasteiger partial charge in [-0.05, 0) is 59.0 Å². The maximum absolute atomic E-state index is 14.5. The zero-order valence-electron chi connectivity index (χ0n) is 13.0. The molecule has 23 heavy (non-hydrogen) atoms. The molecule has 3 rings (SSSR count). The molecule has 1 saturated carbocycles. The number of hydrogen-bond donors (Lipinski definition) is 1. The number of pyridine rings is 1. The fourth-order valence-corrected chi connectivity index (χ4v) is 3.05. The van der Waals surface area contributed by atoms with Crippen LogP contribution in [0, 0.1) is 18.6 Å². The van der Waals surface area contributed by atoms with Crippen LogP contribution in [0.5, 0.6) is 0 Å². The second-order valence-corrected chi connectivity index (χ2v) is 6.63. The fraction of sp³-hybridized carbons (Fsp3) is 0.353. The molecule has 3 nitrogen and oxygen atoms in total. The zero-order chi connectivity index (χ0) is 16.6. The van der Waals surface area contributed by atoms with Crippen molar-refractivity contribution in [3.63, 3.8) is 0 Å². The lowest BCUT2D eigenvalue weighted by Crippen LogP contribution is -2.27. The van der Waals surface area contributed by atoms with Crippen molar-refractivity contribution in [1.29, 1.82) is 0 Å². The van der Waals surface area contributed by atoms with Gasteiger partial charge in [-0.1, -0.05) is 0 Å². The molecule has 0 aliphatic heterocycles. The van der Waals surface area contributed by atoms with E-state index in [9.17, 15) is 8.78 Å². The molecular formula is C17H18BrF2N3. The van der Waals surface area contributed by atoms with Crippen molar-refractivity contribution in [2.45, 2.75) is 32.4 Å². The van der Waals surface area contributed by atoms with Gasteiger partial charge in [-0.15, -0.1) is 0 Å². The highest BCUT2D eigenvalue weighted by molar-refractivity contribution is 9.10. The van der Waals surface area contributed by atoms with E-state index in [2.05, 4.69) is 26.2 Å². The van der Waals surface area contributed by atoms with Crippen LogP contribution in [0.25, 0.3) is 0 Å². The van der Waals surface area contributed by atoms with Gasteiger partial charge in [-0.25, -0.2) is 8.78 Å². The van der Waals surface area contributed by atoms with Crippen LogP contribution in [-0.4, -0.2) is 18.1 Å². The molecule has 1 aromatic heterocycles. The van der Waals surface area contributed by atoms with Gasteiger partial charge in [0.2, 0.25) is 0 Å².